The molecule has 23 heteroatoms. The molecule has 278 valence electrons. The van der Waals surface area contributed by atoms with Crippen molar-refractivity contribution in [2.45, 2.75) is 50.3 Å². The molecule has 0 radical (unpaired) electrons. The highest BCUT2D eigenvalue weighted by atomic mass is 35.5. The molecular weight excluding hydrogens is 756 g/mol. The summed E-state index contributed by atoms with van der Waals surface area (Å²) in [6.45, 7) is 4.96. The fourth-order valence-corrected chi connectivity index (χ4v) is 8.44. The Morgan fingerprint density at radius 1 is 1.23 bits per heavy atom. The van der Waals surface area contributed by atoms with Crippen molar-refractivity contribution in [2.24, 2.45) is 5.16 Å². The number of H-pyrrole nitrogens is 1. The zero-order valence-electron chi connectivity index (χ0n) is 28.0. The molecule has 7 rings (SSSR count). The number of thiazole rings is 1. The second kappa shape index (κ2) is 13.9. The Morgan fingerprint density at radius 3 is 2.68 bits per heavy atom. The van der Waals surface area contributed by atoms with E-state index in [1.54, 1.807) is 0 Å². The lowest BCUT2D eigenvalue weighted by molar-refractivity contribution is -0.926. The number of fused-ring (bicyclic) bond motifs is 1. The third kappa shape index (κ3) is 6.84. The lowest BCUT2D eigenvalue weighted by Gasteiger charge is -2.50. The molecule has 0 aliphatic carbocycles. The number of aromatic amines is 1. The minimum absolute atomic E-state index is 0.0538. The van der Waals surface area contributed by atoms with Crippen LogP contribution >= 0.6 is 34.7 Å². The SMILES string of the molecule is CC(C)(O/N=C(\C(=O)N[C@@H]1C(=O)N2C(c3nn[nH]n3)=C(C[N+]3(Cc4nc(-c5ccc(O)c(O)c5Cl)no4)CCCC3)CS[C@H]12)c1csc(N)n1)C(=O)O. The van der Waals surface area contributed by atoms with Crippen molar-refractivity contribution in [3.05, 3.63) is 45.5 Å². The molecule has 4 aromatic rings. The van der Waals surface area contributed by atoms with Gasteiger partial charge in [-0.3, -0.25) is 14.5 Å². The number of likely N-dealkylation sites (tertiary alicyclic amines) is 1. The van der Waals surface area contributed by atoms with Crippen LogP contribution in [0, 0.1) is 0 Å². The Balaban J connectivity index is 1.13. The molecular formula is C30H32ClN12O8S2+. The van der Waals surface area contributed by atoms with Crippen molar-refractivity contribution in [3.63, 3.8) is 0 Å². The van der Waals surface area contributed by atoms with Crippen molar-refractivity contribution in [1.82, 2.24) is 46.0 Å². The zero-order valence-corrected chi connectivity index (χ0v) is 30.4. The number of carbonyl (C=O) groups excluding carboxylic acids is 2. The van der Waals surface area contributed by atoms with Gasteiger partial charge in [0.05, 0.1) is 23.8 Å². The van der Waals surface area contributed by atoms with Gasteiger partial charge >= 0.3 is 5.97 Å². The van der Waals surface area contributed by atoms with Gasteiger partial charge in [-0.1, -0.05) is 21.9 Å². The third-order valence-electron chi connectivity index (χ3n) is 9.07. The summed E-state index contributed by atoms with van der Waals surface area (Å²) in [6, 6.07) is 1.79. The largest absolute Gasteiger partial charge is 0.504 e. The van der Waals surface area contributed by atoms with Crippen LogP contribution in [0.1, 0.15) is 44.1 Å². The molecule has 2 atom stereocenters. The second-order valence-corrected chi connectivity index (χ2v) is 15.5. The molecule has 0 spiro atoms. The van der Waals surface area contributed by atoms with Crippen LogP contribution in [0.15, 0.2) is 32.8 Å². The number of amides is 2. The lowest BCUT2D eigenvalue weighted by Crippen LogP contribution is -2.70. The number of quaternary nitrogens is 1. The van der Waals surface area contributed by atoms with Gasteiger partial charge in [0.15, 0.2) is 28.9 Å². The summed E-state index contributed by atoms with van der Waals surface area (Å²) in [4.78, 5) is 54.5. The van der Waals surface area contributed by atoms with Crippen LogP contribution in [0.5, 0.6) is 11.5 Å². The first-order valence-electron chi connectivity index (χ1n) is 16.1. The molecule has 0 unspecified atom stereocenters. The van der Waals surface area contributed by atoms with Gasteiger partial charge in [0, 0.05) is 35.1 Å². The first kappa shape index (κ1) is 36.1. The molecule has 2 saturated heterocycles. The van der Waals surface area contributed by atoms with E-state index in [0.29, 0.717) is 40.5 Å². The summed E-state index contributed by atoms with van der Waals surface area (Å²) in [6.07, 6.45) is 1.88. The number of oxime groups is 1. The predicted octanol–water partition coefficient (Wildman–Crippen LogP) is 1.56. The highest BCUT2D eigenvalue weighted by molar-refractivity contribution is 8.00. The van der Waals surface area contributed by atoms with Gasteiger partial charge in [0.2, 0.25) is 17.2 Å². The molecule has 3 aliphatic heterocycles. The molecule has 0 bridgehead atoms. The van der Waals surface area contributed by atoms with Crippen LogP contribution in [0.25, 0.3) is 17.1 Å². The van der Waals surface area contributed by atoms with Gasteiger partial charge in [-0.05, 0) is 31.2 Å². The van der Waals surface area contributed by atoms with E-state index < -0.39 is 40.5 Å². The molecule has 2 amide bonds. The van der Waals surface area contributed by atoms with Gasteiger partial charge in [-0.15, -0.1) is 33.3 Å². The topological polar surface area (TPSA) is 281 Å². The minimum Gasteiger partial charge on any atom is -0.504 e. The van der Waals surface area contributed by atoms with Gasteiger partial charge in [0.25, 0.3) is 17.7 Å². The van der Waals surface area contributed by atoms with E-state index in [9.17, 15) is 29.7 Å². The number of phenols is 2. The average Bonchev–Trinajstić information content (AvgIpc) is 3.96. The Morgan fingerprint density at radius 2 is 2.00 bits per heavy atom. The number of aromatic hydroxyl groups is 2. The predicted molar refractivity (Wildman–Crippen MR) is 188 cm³/mol. The summed E-state index contributed by atoms with van der Waals surface area (Å²) < 4.78 is 6.16. The fraction of sp³-hybridized carbons (Fsp3) is 0.400. The summed E-state index contributed by atoms with van der Waals surface area (Å²) in [7, 11) is 0. The van der Waals surface area contributed by atoms with E-state index in [-0.39, 0.29) is 39.0 Å². The highest BCUT2D eigenvalue weighted by Gasteiger charge is 2.55. The van der Waals surface area contributed by atoms with E-state index in [1.165, 1.54) is 48.0 Å². The quantitative estimate of drug-likeness (QED) is 0.0391. The minimum atomic E-state index is -1.76. The monoisotopic (exact) mass is 787 g/mol. The number of carboxylic acid groups (broad SMARTS) is 1. The van der Waals surface area contributed by atoms with Crippen LogP contribution in [-0.4, -0.2) is 126 Å². The van der Waals surface area contributed by atoms with Crippen molar-refractivity contribution in [1.29, 1.82) is 0 Å². The maximum absolute atomic E-state index is 13.9. The summed E-state index contributed by atoms with van der Waals surface area (Å²) in [5, 5.41) is 55.5. The number of carbonyl (C=O) groups is 3. The van der Waals surface area contributed by atoms with E-state index in [1.807, 2.05) is 0 Å². The maximum atomic E-state index is 13.9. The van der Waals surface area contributed by atoms with Crippen LogP contribution in [0.3, 0.4) is 0 Å². The standard InChI is InChI=1S/C30H31ClN12O8S2/c1-30(2,28(48)49)51-38-19(15-12-53-29(32)33-15)25(46)35-20-26(47)42-21(24-36-40-41-37-24)13(11-52-27(20)42)9-43(7-3-4-8-43)10-17-34-23(39-50-17)14-5-6-16(44)22(45)18(14)31/h5-6,12,20,27H,3-4,7-11H2,1-2H3,(H6-,32,33,35,36,37,38,39,40,41,44,45,46,48,49)/p+1/t20-,27-/m1/s1. The number of nitrogens with one attached hydrogen (secondary N) is 2. The van der Waals surface area contributed by atoms with Gasteiger partial charge in [-0.2, -0.15) is 10.2 Å². The third-order valence-corrected chi connectivity index (χ3v) is 11.5. The number of anilines is 1. The Bertz CT molecular complexity index is 2150. The molecule has 6 heterocycles. The first-order valence-corrected chi connectivity index (χ1v) is 18.4. The molecule has 3 aliphatic rings. The fourth-order valence-electron chi connectivity index (χ4n) is 6.31. The molecule has 2 fully saturated rings. The van der Waals surface area contributed by atoms with E-state index >= 15 is 0 Å². The summed E-state index contributed by atoms with van der Waals surface area (Å²) >= 11 is 8.74. The first-order chi connectivity index (χ1) is 25.3. The number of aliphatic carboxylic acids is 1. The van der Waals surface area contributed by atoms with Crippen molar-refractivity contribution in [3.8, 4) is 22.9 Å². The number of halogens is 1. The molecule has 0 saturated carbocycles. The normalized spacial score (nSPS) is 19.9. The molecule has 7 N–H and O–H groups in total. The number of phenolic OH excluding ortho intramolecular Hbond substituents is 2. The van der Waals surface area contributed by atoms with Crippen LogP contribution < -0.4 is 11.1 Å². The number of thioether (sulfide) groups is 1. The van der Waals surface area contributed by atoms with E-state index in [2.05, 4.69) is 46.2 Å². The number of benzene rings is 1. The number of nitrogens with two attached hydrogens (primary N) is 1. The Labute approximate surface area is 312 Å². The van der Waals surface area contributed by atoms with Crippen molar-refractivity contribution >= 4 is 69.0 Å². The van der Waals surface area contributed by atoms with E-state index in [0.717, 1.165) is 42.8 Å². The van der Waals surface area contributed by atoms with Crippen LogP contribution in [0.4, 0.5) is 5.13 Å². The van der Waals surface area contributed by atoms with Crippen LogP contribution in [-0.2, 0) is 25.8 Å². The number of hydrogen-bond acceptors (Lipinski definition) is 17. The highest BCUT2D eigenvalue weighted by Crippen LogP contribution is 2.45. The number of nitrogens with zero attached hydrogens (tertiary/aromatic N) is 9. The Hall–Kier alpha value is -5.32. The number of aromatic nitrogens is 7. The summed E-state index contributed by atoms with van der Waals surface area (Å²) in [5.74, 6) is -2.23. The number of carboxylic acids is 1. The van der Waals surface area contributed by atoms with Gasteiger partial charge < -0.3 is 40.2 Å². The van der Waals surface area contributed by atoms with E-state index in [4.69, 9.17) is 26.7 Å². The number of tetrazole rings is 1. The molecule has 20 nitrogen and oxygen atoms in total. The smallest absolute Gasteiger partial charge is 0.350 e. The molecule has 1 aromatic carbocycles. The van der Waals surface area contributed by atoms with Crippen molar-refractivity contribution in [2.75, 3.05) is 31.1 Å². The Kier molecular flexibility index (Phi) is 9.46. The summed E-state index contributed by atoms with van der Waals surface area (Å²) in [5.41, 5.74) is 5.38. The van der Waals surface area contributed by atoms with Gasteiger partial charge in [0.1, 0.15) is 23.7 Å². The number of hydrogen-bond donors (Lipinski definition) is 6. The molecule has 53 heavy (non-hydrogen) atoms. The number of rotatable bonds is 12. The average molecular weight is 788 g/mol. The number of β-lactam (4-membered cyclic amide) rings is 1. The maximum Gasteiger partial charge on any atom is 0.350 e. The van der Waals surface area contributed by atoms with Crippen LogP contribution in [0.2, 0.25) is 5.02 Å². The second-order valence-electron chi connectivity index (χ2n) is 13.1. The zero-order chi connectivity index (χ0) is 37.7. The van der Waals surface area contributed by atoms with Crippen molar-refractivity contribution < 1.29 is 43.5 Å². The molecule has 3 aromatic heterocycles. The number of nitrogen functional groups attached to an aromatic ring is 1. The lowest BCUT2D eigenvalue weighted by atomic mass is 10.0. The van der Waals surface area contributed by atoms with Gasteiger partial charge in [-0.25, -0.2) is 9.78 Å².